The number of amides is 1. The maximum atomic E-state index is 11.2. The van der Waals surface area contributed by atoms with E-state index in [1.54, 1.807) is 0 Å². The first kappa shape index (κ1) is 12.5. The molecule has 102 valence electrons. The summed E-state index contributed by atoms with van der Waals surface area (Å²) in [6.45, 7) is 4.16. The van der Waals surface area contributed by atoms with Gasteiger partial charge in [0.25, 0.3) is 0 Å². The smallest absolute Gasteiger partial charge is 0.234 e. The lowest BCUT2D eigenvalue weighted by Crippen LogP contribution is -2.57. The SMILES string of the molecule is C[C@@H](N[C@H](C)C12CC3CC(CC(C3)C1)C2)C(N)=O. The topological polar surface area (TPSA) is 55.1 Å². The first-order valence-corrected chi connectivity index (χ1v) is 7.54. The van der Waals surface area contributed by atoms with Crippen LogP contribution >= 0.6 is 0 Å². The summed E-state index contributed by atoms with van der Waals surface area (Å²) in [5, 5.41) is 3.46. The Morgan fingerprint density at radius 1 is 1.11 bits per heavy atom. The number of primary amides is 1. The van der Waals surface area contributed by atoms with Crippen molar-refractivity contribution >= 4 is 5.91 Å². The van der Waals surface area contributed by atoms with E-state index < -0.39 is 0 Å². The van der Waals surface area contributed by atoms with Crippen molar-refractivity contribution in [2.24, 2.45) is 28.9 Å². The van der Waals surface area contributed by atoms with E-state index in [1.165, 1.54) is 38.5 Å². The monoisotopic (exact) mass is 250 g/mol. The molecule has 4 saturated carbocycles. The minimum absolute atomic E-state index is 0.201. The molecule has 3 heteroatoms. The molecule has 0 aromatic carbocycles. The summed E-state index contributed by atoms with van der Waals surface area (Å²) in [5.74, 6) is 2.66. The van der Waals surface area contributed by atoms with E-state index in [9.17, 15) is 4.79 Å². The Kier molecular flexibility index (Phi) is 2.92. The first-order valence-electron chi connectivity index (χ1n) is 7.54. The Labute approximate surface area is 110 Å². The molecule has 4 aliphatic rings. The summed E-state index contributed by atoms with van der Waals surface area (Å²) < 4.78 is 0. The molecule has 3 nitrogen and oxygen atoms in total. The molecule has 0 saturated heterocycles. The Morgan fingerprint density at radius 2 is 1.56 bits per heavy atom. The summed E-state index contributed by atoms with van der Waals surface area (Å²) in [6.07, 6.45) is 8.53. The van der Waals surface area contributed by atoms with Gasteiger partial charge in [-0.05, 0) is 75.5 Å². The van der Waals surface area contributed by atoms with Crippen LogP contribution in [0.15, 0.2) is 0 Å². The zero-order valence-electron chi connectivity index (χ0n) is 11.6. The number of hydrogen-bond acceptors (Lipinski definition) is 2. The molecule has 3 N–H and O–H groups in total. The summed E-state index contributed by atoms with van der Waals surface area (Å²) in [5.41, 5.74) is 5.83. The highest BCUT2D eigenvalue weighted by atomic mass is 16.1. The van der Waals surface area contributed by atoms with Gasteiger partial charge in [-0.3, -0.25) is 4.79 Å². The summed E-state index contributed by atoms with van der Waals surface area (Å²) in [7, 11) is 0. The summed E-state index contributed by atoms with van der Waals surface area (Å²) in [4.78, 5) is 11.2. The van der Waals surface area contributed by atoms with Crippen molar-refractivity contribution in [3.8, 4) is 0 Å². The van der Waals surface area contributed by atoms with Crippen LogP contribution in [-0.2, 0) is 4.79 Å². The van der Waals surface area contributed by atoms with Crippen molar-refractivity contribution in [3.05, 3.63) is 0 Å². The largest absolute Gasteiger partial charge is 0.368 e. The maximum Gasteiger partial charge on any atom is 0.234 e. The van der Waals surface area contributed by atoms with Gasteiger partial charge in [0.15, 0.2) is 0 Å². The average Bonchev–Trinajstić information content (AvgIpc) is 2.26. The van der Waals surface area contributed by atoms with Crippen molar-refractivity contribution < 1.29 is 4.79 Å². The van der Waals surface area contributed by atoms with Gasteiger partial charge in [-0.1, -0.05) is 0 Å². The van der Waals surface area contributed by atoms with Gasteiger partial charge in [0.2, 0.25) is 5.91 Å². The van der Waals surface area contributed by atoms with Crippen LogP contribution < -0.4 is 11.1 Å². The highest BCUT2D eigenvalue weighted by Gasteiger charge is 2.53. The van der Waals surface area contributed by atoms with Crippen LogP contribution in [0.4, 0.5) is 0 Å². The Balaban J connectivity index is 1.72. The second-order valence-electron chi connectivity index (χ2n) is 7.29. The van der Waals surface area contributed by atoms with Crippen LogP contribution in [0.1, 0.15) is 52.4 Å². The fourth-order valence-corrected chi connectivity index (χ4v) is 5.34. The third-order valence-corrected chi connectivity index (χ3v) is 5.93. The lowest BCUT2D eigenvalue weighted by molar-refractivity contribution is -0.120. The molecular weight excluding hydrogens is 224 g/mol. The normalized spacial score (nSPS) is 44.9. The zero-order valence-corrected chi connectivity index (χ0v) is 11.6. The predicted octanol–water partition coefficient (Wildman–Crippen LogP) is 2.05. The third-order valence-electron chi connectivity index (χ3n) is 5.93. The number of nitrogens with two attached hydrogens (primary N) is 1. The van der Waals surface area contributed by atoms with E-state index in [4.69, 9.17) is 5.73 Å². The minimum Gasteiger partial charge on any atom is -0.368 e. The van der Waals surface area contributed by atoms with Crippen LogP contribution in [0.3, 0.4) is 0 Å². The molecule has 4 fully saturated rings. The predicted molar refractivity (Wildman–Crippen MR) is 71.9 cm³/mol. The van der Waals surface area contributed by atoms with E-state index in [-0.39, 0.29) is 11.9 Å². The number of nitrogens with one attached hydrogen (secondary N) is 1. The molecular formula is C15H26N2O. The van der Waals surface area contributed by atoms with Crippen molar-refractivity contribution in [1.29, 1.82) is 0 Å². The molecule has 0 heterocycles. The lowest BCUT2D eigenvalue weighted by Gasteiger charge is -2.59. The standard InChI is InChI=1S/C15H26N2O/c1-9(14(16)18)17-10(2)15-6-11-3-12(7-15)5-13(4-11)8-15/h9-13,17H,3-8H2,1-2H3,(H2,16,18)/t9-,10-,11?,12?,13?,15?/m1/s1. The zero-order chi connectivity index (χ0) is 12.9. The van der Waals surface area contributed by atoms with Gasteiger partial charge in [0.05, 0.1) is 6.04 Å². The maximum absolute atomic E-state index is 11.2. The van der Waals surface area contributed by atoms with Gasteiger partial charge >= 0.3 is 0 Å². The molecule has 4 aliphatic carbocycles. The third kappa shape index (κ3) is 1.97. The molecule has 0 aromatic heterocycles. The Hall–Kier alpha value is -0.570. The van der Waals surface area contributed by atoms with Gasteiger partial charge in [0.1, 0.15) is 0 Å². The van der Waals surface area contributed by atoms with Crippen LogP contribution in [-0.4, -0.2) is 18.0 Å². The molecule has 0 aliphatic heterocycles. The molecule has 0 spiro atoms. The quantitative estimate of drug-likeness (QED) is 0.802. The molecule has 1 amide bonds. The van der Waals surface area contributed by atoms with E-state index in [0.717, 1.165) is 17.8 Å². The molecule has 4 rings (SSSR count). The lowest BCUT2D eigenvalue weighted by atomic mass is 9.48. The van der Waals surface area contributed by atoms with Crippen molar-refractivity contribution in [2.45, 2.75) is 64.5 Å². The minimum atomic E-state index is -0.230. The van der Waals surface area contributed by atoms with Crippen molar-refractivity contribution in [2.75, 3.05) is 0 Å². The summed E-state index contributed by atoms with van der Waals surface area (Å²) >= 11 is 0. The fraction of sp³-hybridized carbons (Fsp3) is 0.933. The fourth-order valence-electron chi connectivity index (χ4n) is 5.34. The summed E-state index contributed by atoms with van der Waals surface area (Å²) in [6, 6.07) is 0.224. The molecule has 2 atom stereocenters. The number of hydrogen-bond donors (Lipinski definition) is 2. The van der Waals surface area contributed by atoms with Gasteiger partial charge in [-0.2, -0.15) is 0 Å². The number of rotatable bonds is 4. The van der Waals surface area contributed by atoms with Gasteiger partial charge < -0.3 is 11.1 Å². The Bertz CT molecular complexity index is 317. The molecule has 18 heavy (non-hydrogen) atoms. The highest BCUT2D eigenvalue weighted by molar-refractivity contribution is 5.79. The van der Waals surface area contributed by atoms with Crippen LogP contribution in [0.2, 0.25) is 0 Å². The van der Waals surface area contributed by atoms with Gasteiger partial charge in [-0.15, -0.1) is 0 Å². The van der Waals surface area contributed by atoms with Crippen LogP contribution in [0, 0.1) is 23.2 Å². The second-order valence-corrected chi connectivity index (χ2v) is 7.29. The van der Waals surface area contributed by atoms with Gasteiger partial charge in [0, 0.05) is 6.04 Å². The van der Waals surface area contributed by atoms with Gasteiger partial charge in [-0.25, -0.2) is 0 Å². The second kappa shape index (κ2) is 4.22. The van der Waals surface area contributed by atoms with E-state index in [0.29, 0.717) is 11.5 Å². The van der Waals surface area contributed by atoms with E-state index >= 15 is 0 Å². The van der Waals surface area contributed by atoms with Crippen LogP contribution in [0.5, 0.6) is 0 Å². The highest BCUT2D eigenvalue weighted by Crippen LogP contribution is 2.61. The van der Waals surface area contributed by atoms with Crippen LogP contribution in [0.25, 0.3) is 0 Å². The van der Waals surface area contributed by atoms with E-state index in [2.05, 4.69) is 12.2 Å². The van der Waals surface area contributed by atoms with E-state index in [1.807, 2.05) is 6.92 Å². The molecule has 0 unspecified atom stereocenters. The van der Waals surface area contributed by atoms with Crippen molar-refractivity contribution in [3.63, 3.8) is 0 Å². The average molecular weight is 250 g/mol. The number of carbonyl (C=O) groups excluding carboxylic acids is 1. The number of carbonyl (C=O) groups is 1. The molecule has 0 aromatic rings. The Morgan fingerprint density at radius 3 is 1.94 bits per heavy atom. The van der Waals surface area contributed by atoms with Crippen molar-refractivity contribution in [1.82, 2.24) is 5.32 Å². The molecule has 4 bridgehead atoms. The molecule has 0 radical (unpaired) electrons. The first-order chi connectivity index (χ1) is 8.48.